The van der Waals surface area contributed by atoms with Crippen molar-refractivity contribution < 1.29 is 19.1 Å². The van der Waals surface area contributed by atoms with E-state index in [1.165, 1.54) is 13.0 Å². The third-order valence-electron chi connectivity index (χ3n) is 5.43. The molecular weight excluding hydrogens is 380 g/mol. The van der Waals surface area contributed by atoms with Gasteiger partial charge in [-0.15, -0.1) is 0 Å². The van der Waals surface area contributed by atoms with Gasteiger partial charge in [-0.1, -0.05) is 37.5 Å². The molecule has 0 radical (unpaired) electrons. The molecule has 0 aromatic heterocycles. The summed E-state index contributed by atoms with van der Waals surface area (Å²) in [5.41, 5.74) is -0.00745. The number of carbonyl (C=O) groups excluding carboxylic acids is 2. The van der Waals surface area contributed by atoms with E-state index in [0.717, 1.165) is 41.3 Å². The number of benzene rings is 2. The van der Waals surface area contributed by atoms with Crippen LogP contribution >= 0.6 is 0 Å². The monoisotopic (exact) mass is 406 g/mol. The molecular formula is C24H26N2O4. The van der Waals surface area contributed by atoms with Crippen LogP contribution in [0.2, 0.25) is 0 Å². The van der Waals surface area contributed by atoms with Gasteiger partial charge in [0.05, 0.1) is 13.2 Å². The molecule has 3 rings (SSSR count). The van der Waals surface area contributed by atoms with Crippen molar-refractivity contribution >= 4 is 28.7 Å². The molecule has 6 nitrogen and oxygen atoms in total. The SMILES string of the molecule is COc1ccc2cc(/C=C/C(=O)O[C@H](C)C(=O)NC3(C#N)CCCCC3)ccc2c1. The van der Waals surface area contributed by atoms with Crippen LogP contribution in [0.15, 0.2) is 42.5 Å². The standard InChI is InChI=1S/C24H26N2O4/c1-17(23(28)26-24(16-25)12-4-3-5-13-24)30-22(27)11-7-18-6-8-20-15-21(29-2)10-9-19(20)14-18/h6-11,14-15,17H,3-5,12-13H2,1-2H3,(H,26,28)/b11-7+/t17-/m1/s1. The van der Waals surface area contributed by atoms with Gasteiger partial charge in [-0.05, 0) is 60.4 Å². The van der Waals surface area contributed by atoms with E-state index < -0.39 is 23.5 Å². The molecule has 0 aliphatic heterocycles. The summed E-state index contributed by atoms with van der Waals surface area (Å²) in [5, 5.41) is 14.3. The molecule has 0 unspecified atom stereocenters. The molecule has 1 N–H and O–H groups in total. The molecule has 0 heterocycles. The first-order chi connectivity index (χ1) is 14.4. The Morgan fingerprint density at radius 3 is 2.53 bits per heavy atom. The summed E-state index contributed by atoms with van der Waals surface area (Å²) in [4.78, 5) is 24.6. The van der Waals surface area contributed by atoms with Crippen LogP contribution in [0, 0.1) is 11.3 Å². The normalized spacial score (nSPS) is 16.6. The molecule has 0 bridgehead atoms. The van der Waals surface area contributed by atoms with Crippen molar-refractivity contribution in [3.05, 3.63) is 48.0 Å². The van der Waals surface area contributed by atoms with E-state index in [2.05, 4.69) is 11.4 Å². The molecule has 2 aromatic carbocycles. The zero-order chi connectivity index (χ0) is 21.6. The summed E-state index contributed by atoms with van der Waals surface area (Å²) >= 11 is 0. The fourth-order valence-electron chi connectivity index (χ4n) is 3.66. The smallest absolute Gasteiger partial charge is 0.331 e. The fraction of sp³-hybridized carbons (Fsp3) is 0.375. The lowest BCUT2D eigenvalue weighted by atomic mass is 9.83. The Labute approximate surface area is 176 Å². The summed E-state index contributed by atoms with van der Waals surface area (Å²) in [6.07, 6.45) is 6.11. The van der Waals surface area contributed by atoms with Gasteiger partial charge in [0.25, 0.3) is 5.91 Å². The predicted octanol–water partition coefficient (Wildman–Crippen LogP) is 4.14. The van der Waals surface area contributed by atoms with Gasteiger partial charge in [0, 0.05) is 6.08 Å². The number of esters is 1. The number of nitrogens with one attached hydrogen (secondary N) is 1. The second-order valence-electron chi connectivity index (χ2n) is 7.63. The quantitative estimate of drug-likeness (QED) is 0.575. The van der Waals surface area contributed by atoms with E-state index in [9.17, 15) is 14.9 Å². The summed E-state index contributed by atoms with van der Waals surface area (Å²) < 4.78 is 10.4. The highest BCUT2D eigenvalue weighted by Gasteiger charge is 2.35. The predicted molar refractivity (Wildman–Crippen MR) is 115 cm³/mol. The van der Waals surface area contributed by atoms with Gasteiger partial charge in [0.15, 0.2) is 6.10 Å². The number of hydrogen-bond acceptors (Lipinski definition) is 5. The number of hydrogen-bond donors (Lipinski definition) is 1. The maximum absolute atomic E-state index is 12.4. The lowest BCUT2D eigenvalue weighted by Gasteiger charge is -2.32. The van der Waals surface area contributed by atoms with Gasteiger partial charge >= 0.3 is 5.97 Å². The second kappa shape index (κ2) is 9.45. The van der Waals surface area contributed by atoms with E-state index in [-0.39, 0.29) is 0 Å². The Kier molecular flexibility index (Phi) is 6.73. The first-order valence-corrected chi connectivity index (χ1v) is 10.1. The largest absolute Gasteiger partial charge is 0.497 e. The van der Waals surface area contributed by atoms with Gasteiger partial charge in [0.2, 0.25) is 0 Å². The number of ether oxygens (including phenoxy) is 2. The molecule has 6 heteroatoms. The highest BCUT2D eigenvalue weighted by Crippen LogP contribution is 2.27. The highest BCUT2D eigenvalue weighted by molar-refractivity contribution is 5.92. The van der Waals surface area contributed by atoms with Crippen LogP contribution in [0.1, 0.15) is 44.6 Å². The van der Waals surface area contributed by atoms with Gasteiger partial charge in [-0.2, -0.15) is 5.26 Å². The number of amides is 1. The van der Waals surface area contributed by atoms with Crippen LogP contribution in [0.25, 0.3) is 16.8 Å². The number of methoxy groups -OCH3 is 1. The fourth-order valence-corrected chi connectivity index (χ4v) is 3.66. The van der Waals surface area contributed by atoms with E-state index in [1.54, 1.807) is 13.2 Å². The molecule has 1 aliphatic carbocycles. The molecule has 156 valence electrons. The Balaban J connectivity index is 1.59. The number of carbonyl (C=O) groups is 2. The van der Waals surface area contributed by atoms with Crippen molar-refractivity contribution in [1.29, 1.82) is 5.26 Å². The number of nitriles is 1. The van der Waals surface area contributed by atoms with Crippen molar-refractivity contribution in [3.63, 3.8) is 0 Å². The summed E-state index contributed by atoms with van der Waals surface area (Å²) in [7, 11) is 1.63. The summed E-state index contributed by atoms with van der Waals surface area (Å²) in [5.74, 6) is -0.268. The first-order valence-electron chi connectivity index (χ1n) is 10.1. The molecule has 1 saturated carbocycles. The zero-order valence-electron chi connectivity index (χ0n) is 17.3. The highest BCUT2D eigenvalue weighted by atomic mass is 16.5. The third-order valence-corrected chi connectivity index (χ3v) is 5.43. The van der Waals surface area contributed by atoms with Crippen LogP contribution < -0.4 is 10.1 Å². The van der Waals surface area contributed by atoms with E-state index >= 15 is 0 Å². The lowest BCUT2D eigenvalue weighted by Crippen LogP contribution is -2.52. The Hall–Kier alpha value is -3.33. The zero-order valence-corrected chi connectivity index (χ0v) is 17.3. The molecule has 1 fully saturated rings. The molecule has 0 spiro atoms. The minimum atomic E-state index is -0.974. The third kappa shape index (κ3) is 5.18. The van der Waals surface area contributed by atoms with Gasteiger partial charge in [-0.3, -0.25) is 4.79 Å². The number of fused-ring (bicyclic) bond motifs is 1. The topological polar surface area (TPSA) is 88.4 Å². The minimum Gasteiger partial charge on any atom is -0.497 e. The molecule has 1 amide bonds. The Morgan fingerprint density at radius 1 is 1.13 bits per heavy atom. The van der Waals surface area contributed by atoms with Crippen LogP contribution in [0.5, 0.6) is 5.75 Å². The minimum absolute atomic E-state index is 0.445. The first kappa shape index (κ1) is 21.4. The Bertz CT molecular complexity index is 1000. The van der Waals surface area contributed by atoms with Crippen LogP contribution in [-0.4, -0.2) is 30.6 Å². The lowest BCUT2D eigenvalue weighted by molar-refractivity contribution is -0.150. The van der Waals surface area contributed by atoms with Crippen molar-refractivity contribution in [2.45, 2.75) is 50.7 Å². The number of rotatable bonds is 6. The van der Waals surface area contributed by atoms with E-state index in [1.807, 2.05) is 36.4 Å². The number of nitrogens with zero attached hydrogens (tertiary/aromatic N) is 1. The Morgan fingerprint density at radius 2 is 1.83 bits per heavy atom. The molecule has 2 aromatic rings. The maximum atomic E-state index is 12.4. The van der Waals surface area contributed by atoms with Crippen LogP contribution in [-0.2, 0) is 14.3 Å². The average Bonchev–Trinajstić information content (AvgIpc) is 2.77. The molecule has 0 saturated heterocycles. The van der Waals surface area contributed by atoms with Crippen LogP contribution in [0.4, 0.5) is 0 Å². The summed E-state index contributed by atoms with van der Waals surface area (Å²) in [6, 6.07) is 13.8. The molecule has 1 aliphatic rings. The average molecular weight is 406 g/mol. The summed E-state index contributed by atoms with van der Waals surface area (Å²) in [6.45, 7) is 1.51. The molecule has 30 heavy (non-hydrogen) atoms. The van der Waals surface area contributed by atoms with E-state index in [0.29, 0.717) is 12.8 Å². The van der Waals surface area contributed by atoms with E-state index in [4.69, 9.17) is 9.47 Å². The van der Waals surface area contributed by atoms with Gasteiger partial charge in [0.1, 0.15) is 11.3 Å². The van der Waals surface area contributed by atoms with Gasteiger partial charge < -0.3 is 14.8 Å². The molecule has 1 atom stereocenters. The van der Waals surface area contributed by atoms with Crippen molar-refractivity contribution in [2.75, 3.05) is 7.11 Å². The van der Waals surface area contributed by atoms with Crippen molar-refractivity contribution in [2.24, 2.45) is 0 Å². The second-order valence-corrected chi connectivity index (χ2v) is 7.63. The van der Waals surface area contributed by atoms with Crippen molar-refractivity contribution in [1.82, 2.24) is 5.32 Å². The van der Waals surface area contributed by atoms with Crippen LogP contribution in [0.3, 0.4) is 0 Å². The maximum Gasteiger partial charge on any atom is 0.331 e. The van der Waals surface area contributed by atoms with Crippen molar-refractivity contribution in [3.8, 4) is 11.8 Å². The van der Waals surface area contributed by atoms with Gasteiger partial charge in [-0.25, -0.2) is 4.79 Å².